The quantitative estimate of drug-likeness (QED) is 0.476. The van der Waals surface area contributed by atoms with Gasteiger partial charge in [-0.2, -0.15) is 5.10 Å². The lowest BCUT2D eigenvalue weighted by molar-refractivity contribution is 0.405. The van der Waals surface area contributed by atoms with Crippen molar-refractivity contribution in [3.05, 3.63) is 58.6 Å². The molecular formula is C23H25N7O. The third-order valence-corrected chi connectivity index (χ3v) is 5.76. The van der Waals surface area contributed by atoms with Crippen molar-refractivity contribution in [1.82, 2.24) is 30.5 Å². The summed E-state index contributed by atoms with van der Waals surface area (Å²) in [6.45, 7) is 8.44. The van der Waals surface area contributed by atoms with Crippen molar-refractivity contribution in [2.75, 3.05) is 18.0 Å². The third kappa shape index (κ3) is 3.70. The molecule has 4 heterocycles. The molecule has 1 saturated heterocycles. The maximum atomic E-state index is 12.2. The Bertz CT molecular complexity index is 1280. The first-order chi connectivity index (χ1) is 15.0. The maximum absolute atomic E-state index is 12.2. The van der Waals surface area contributed by atoms with Crippen LogP contribution in [0.1, 0.15) is 19.4 Å². The molecule has 0 saturated carbocycles. The molecule has 8 heteroatoms. The van der Waals surface area contributed by atoms with Crippen LogP contribution >= 0.6 is 0 Å². The van der Waals surface area contributed by atoms with E-state index in [1.54, 1.807) is 6.20 Å². The molecule has 31 heavy (non-hydrogen) atoms. The molecule has 3 aromatic heterocycles. The molecule has 1 fully saturated rings. The first kappa shape index (κ1) is 19.4. The van der Waals surface area contributed by atoms with Crippen molar-refractivity contribution in [1.29, 1.82) is 0 Å². The van der Waals surface area contributed by atoms with Crippen molar-refractivity contribution < 1.29 is 0 Å². The zero-order valence-corrected chi connectivity index (χ0v) is 17.8. The van der Waals surface area contributed by atoms with Gasteiger partial charge in [0.2, 0.25) is 0 Å². The number of H-pyrrole nitrogens is 2. The van der Waals surface area contributed by atoms with E-state index in [-0.39, 0.29) is 5.56 Å². The number of rotatable bonds is 3. The topological polar surface area (TPSA) is 103 Å². The van der Waals surface area contributed by atoms with Crippen LogP contribution in [-0.4, -0.2) is 50.3 Å². The van der Waals surface area contributed by atoms with Gasteiger partial charge in [-0.25, -0.2) is 9.97 Å². The molecule has 8 nitrogen and oxygen atoms in total. The van der Waals surface area contributed by atoms with Gasteiger partial charge in [-0.15, -0.1) is 0 Å². The van der Waals surface area contributed by atoms with Crippen LogP contribution in [-0.2, 0) is 0 Å². The number of hydrogen-bond donors (Lipinski definition) is 3. The molecule has 5 rings (SSSR count). The van der Waals surface area contributed by atoms with Gasteiger partial charge in [0.1, 0.15) is 22.7 Å². The molecule has 0 radical (unpaired) electrons. The summed E-state index contributed by atoms with van der Waals surface area (Å²) in [4.78, 5) is 26.6. The predicted octanol–water partition coefficient (Wildman–Crippen LogP) is 2.87. The van der Waals surface area contributed by atoms with Crippen molar-refractivity contribution >= 4 is 16.9 Å². The number of fused-ring (bicyclic) bond motifs is 1. The maximum Gasteiger partial charge on any atom is 0.277 e. The molecule has 0 aliphatic carbocycles. The van der Waals surface area contributed by atoms with Gasteiger partial charge >= 0.3 is 0 Å². The van der Waals surface area contributed by atoms with Gasteiger partial charge in [-0.05, 0) is 38.0 Å². The largest absolute Gasteiger partial charge is 0.354 e. The molecule has 0 bridgehead atoms. The second kappa shape index (κ2) is 7.63. The number of hydrogen-bond acceptors (Lipinski definition) is 6. The molecule has 1 aliphatic heterocycles. The zero-order chi connectivity index (χ0) is 21.5. The summed E-state index contributed by atoms with van der Waals surface area (Å²) in [5, 5.41) is 10.1. The summed E-state index contributed by atoms with van der Waals surface area (Å²) in [6.07, 6.45) is 3.51. The number of nitrogens with one attached hydrogen (secondary N) is 3. The van der Waals surface area contributed by atoms with Gasteiger partial charge in [-0.3, -0.25) is 9.89 Å². The Morgan fingerprint density at radius 1 is 1.03 bits per heavy atom. The first-order valence-corrected chi connectivity index (χ1v) is 10.5. The van der Waals surface area contributed by atoms with Gasteiger partial charge < -0.3 is 15.2 Å². The van der Waals surface area contributed by atoms with E-state index in [0.717, 1.165) is 35.6 Å². The lowest BCUT2D eigenvalue weighted by atomic mass is 10.0. The van der Waals surface area contributed by atoms with Crippen molar-refractivity contribution in [2.45, 2.75) is 32.9 Å². The van der Waals surface area contributed by atoms with Gasteiger partial charge in [0.25, 0.3) is 5.56 Å². The average Bonchev–Trinajstić information content (AvgIpc) is 3.22. The predicted molar refractivity (Wildman–Crippen MR) is 122 cm³/mol. The highest BCUT2D eigenvalue weighted by Gasteiger charge is 2.22. The number of aromatic nitrogens is 5. The monoisotopic (exact) mass is 415 g/mol. The van der Waals surface area contributed by atoms with E-state index < -0.39 is 0 Å². The Morgan fingerprint density at radius 2 is 1.74 bits per heavy atom. The van der Waals surface area contributed by atoms with Crippen molar-refractivity contribution in [3.8, 4) is 22.5 Å². The molecule has 2 unspecified atom stereocenters. The summed E-state index contributed by atoms with van der Waals surface area (Å²) >= 11 is 0. The number of aryl methyl sites for hydroxylation is 1. The second-order valence-corrected chi connectivity index (χ2v) is 8.35. The van der Waals surface area contributed by atoms with E-state index in [1.165, 1.54) is 5.56 Å². The second-order valence-electron chi connectivity index (χ2n) is 8.35. The highest BCUT2D eigenvalue weighted by atomic mass is 16.1. The fraction of sp³-hybridized carbons (Fsp3) is 0.304. The van der Waals surface area contributed by atoms with Gasteiger partial charge in [0, 0.05) is 42.5 Å². The molecule has 0 spiro atoms. The highest BCUT2D eigenvalue weighted by molar-refractivity contribution is 5.76. The highest BCUT2D eigenvalue weighted by Crippen LogP contribution is 2.28. The lowest BCUT2D eigenvalue weighted by Gasteiger charge is -2.37. The van der Waals surface area contributed by atoms with E-state index >= 15 is 0 Å². The standard InChI is InChI=1S/C23H25N7O/c1-13-8-20(30-11-14(2)26-15(3)12-30)24-9-18(13)16-4-6-17(7-5-16)22-27-19-10-25-29-21(19)23(31)28-22/h4-10,14-15,26H,11-12H2,1-3H3,(H,25,29)(H,27,28,31). The molecule has 0 amide bonds. The number of piperazine rings is 1. The number of benzene rings is 1. The Labute approximate surface area is 179 Å². The van der Waals surface area contributed by atoms with Crippen LogP contribution < -0.4 is 15.8 Å². The van der Waals surface area contributed by atoms with Crippen LogP contribution in [0.5, 0.6) is 0 Å². The molecule has 2 atom stereocenters. The van der Waals surface area contributed by atoms with Crippen LogP contribution in [0.4, 0.5) is 5.82 Å². The first-order valence-electron chi connectivity index (χ1n) is 10.5. The minimum Gasteiger partial charge on any atom is -0.354 e. The van der Waals surface area contributed by atoms with E-state index in [1.807, 2.05) is 30.5 Å². The van der Waals surface area contributed by atoms with Crippen LogP contribution in [0, 0.1) is 6.92 Å². The van der Waals surface area contributed by atoms with E-state index in [0.29, 0.717) is 28.9 Å². The van der Waals surface area contributed by atoms with Crippen LogP contribution in [0.3, 0.4) is 0 Å². The fourth-order valence-corrected chi connectivity index (χ4v) is 4.32. The smallest absolute Gasteiger partial charge is 0.277 e. The molecule has 3 N–H and O–H groups in total. The van der Waals surface area contributed by atoms with Gasteiger partial charge in [0.15, 0.2) is 0 Å². The number of aromatic amines is 2. The van der Waals surface area contributed by atoms with Crippen LogP contribution in [0.25, 0.3) is 33.5 Å². The summed E-state index contributed by atoms with van der Waals surface area (Å²) in [5.74, 6) is 1.55. The van der Waals surface area contributed by atoms with Gasteiger partial charge in [0.05, 0.1) is 6.20 Å². The van der Waals surface area contributed by atoms with Crippen molar-refractivity contribution in [2.24, 2.45) is 0 Å². The minimum atomic E-state index is -0.228. The van der Waals surface area contributed by atoms with E-state index in [9.17, 15) is 4.79 Å². The molecule has 1 aromatic carbocycles. The number of pyridine rings is 1. The Balaban J connectivity index is 1.42. The average molecular weight is 416 g/mol. The Hall–Kier alpha value is -3.52. The Morgan fingerprint density at radius 3 is 2.45 bits per heavy atom. The van der Waals surface area contributed by atoms with Crippen molar-refractivity contribution in [3.63, 3.8) is 0 Å². The van der Waals surface area contributed by atoms with Crippen LogP contribution in [0.2, 0.25) is 0 Å². The molecule has 158 valence electrons. The number of nitrogens with zero attached hydrogens (tertiary/aromatic N) is 4. The van der Waals surface area contributed by atoms with E-state index in [4.69, 9.17) is 4.98 Å². The van der Waals surface area contributed by atoms with E-state index in [2.05, 4.69) is 57.2 Å². The Kier molecular flexibility index (Phi) is 4.78. The van der Waals surface area contributed by atoms with Gasteiger partial charge in [-0.1, -0.05) is 24.3 Å². The molecule has 1 aliphatic rings. The molecular weight excluding hydrogens is 390 g/mol. The number of anilines is 1. The zero-order valence-electron chi connectivity index (χ0n) is 17.8. The summed E-state index contributed by atoms with van der Waals surface area (Å²) in [5.41, 5.74) is 4.91. The SMILES string of the molecule is Cc1cc(N2CC(C)NC(C)C2)ncc1-c1ccc(-c2nc3cn[nH]c3c(=O)[nH]2)cc1. The molecule has 4 aromatic rings. The fourth-order valence-electron chi connectivity index (χ4n) is 4.32. The summed E-state index contributed by atoms with van der Waals surface area (Å²) in [6, 6.07) is 11.1. The van der Waals surface area contributed by atoms with Crippen LogP contribution in [0.15, 0.2) is 47.5 Å². The minimum absolute atomic E-state index is 0.228. The lowest BCUT2D eigenvalue weighted by Crippen LogP contribution is -2.54. The normalized spacial score (nSPS) is 19.1. The summed E-state index contributed by atoms with van der Waals surface area (Å²) < 4.78 is 0. The summed E-state index contributed by atoms with van der Waals surface area (Å²) in [7, 11) is 0. The third-order valence-electron chi connectivity index (χ3n) is 5.76.